The Balaban J connectivity index is 1.79. The number of ether oxygens (including phenoxy) is 2. The number of carbonyl (C=O) groups excluding carboxylic acids is 1. The lowest BCUT2D eigenvalue weighted by Crippen LogP contribution is -2.45. The first-order valence-electron chi connectivity index (χ1n) is 12.2. The molecule has 0 saturated carbocycles. The molecule has 9 nitrogen and oxygen atoms in total. The first-order chi connectivity index (χ1) is 17.0. The number of esters is 1. The second-order valence-corrected chi connectivity index (χ2v) is 12.2. The van der Waals surface area contributed by atoms with E-state index in [4.69, 9.17) is 19.4 Å². The fourth-order valence-corrected chi connectivity index (χ4v) is 4.74. The summed E-state index contributed by atoms with van der Waals surface area (Å²) in [5.74, 6) is 0.454. The molecule has 3 aromatic rings. The summed E-state index contributed by atoms with van der Waals surface area (Å²) in [5, 5.41) is 0. The van der Waals surface area contributed by atoms with Gasteiger partial charge in [-0.3, -0.25) is 4.79 Å². The van der Waals surface area contributed by atoms with Gasteiger partial charge in [-0.05, 0) is 56.2 Å². The van der Waals surface area contributed by atoms with Crippen LogP contribution in [0.3, 0.4) is 0 Å². The Bertz CT molecular complexity index is 1370. The largest absolute Gasteiger partial charge is 0.459 e. The van der Waals surface area contributed by atoms with E-state index in [1.165, 1.54) is 6.26 Å². The zero-order valence-electron chi connectivity index (χ0n) is 21.5. The third kappa shape index (κ3) is 5.24. The van der Waals surface area contributed by atoms with Crippen LogP contribution < -0.4 is 4.90 Å². The molecule has 0 spiro atoms. The van der Waals surface area contributed by atoms with Crippen LogP contribution in [0.4, 0.5) is 5.82 Å². The number of hydrogen-bond donors (Lipinski definition) is 1. The fraction of sp³-hybridized carbons (Fsp3) is 0.500. The van der Waals surface area contributed by atoms with Crippen molar-refractivity contribution in [1.82, 2.24) is 15.0 Å². The number of fused-ring (bicyclic) bond motifs is 1. The molecule has 4 heterocycles. The molecule has 1 fully saturated rings. The Morgan fingerprint density at radius 1 is 1.19 bits per heavy atom. The van der Waals surface area contributed by atoms with Gasteiger partial charge in [0.2, 0.25) is 0 Å². The van der Waals surface area contributed by atoms with Gasteiger partial charge in [0.05, 0.1) is 52.1 Å². The van der Waals surface area contributed by atoms with Crippen molar-refractivity contribution < 1.29 is 22.7 Å². The summed E-state index contributed by atoms with van der Waals surface area (Å²) >= 11 is 0. The number of aromatic amines is 1. The number of H-pyrrole nitrogens is 1. The lowest BCUT2D eigenvalue weighted by molar-refractivity contribution is -0.144. The Morgan fingerprint density at radius 2 is 1.97 bits per heavy atom. The minimum atomic E-state index is -3.41. The zero-order chi connectivity index (χ0) is 26.1. The second-order valence-electron chi connectivity index (χ2n) is 9.65. The van der Waals surface area contributed by atoms with E-state index < -0.39 is 14.6 Å². The Labute approximate surface area is 212 Å². The molecule has 1 atom stereocenters. The van der Waals surface area contributed by atoms with Crippen molar-refractivity contribution in [3.05, 3.63) is 41.6 Å². The number of carbonyl (C=O) groups is 1. The molecule has 0 radical (unpaired) electrons. The Kier molecular flexibility index (Phi) is 7.38. The highest BCUT2D eigenvalue weighted by atomic mass is 32.2. The maximum atomic E-state index is 12.7. The molecule has 36 heavy (non-hydrogen) atoms. The molecule has 1 N–H and O–H groups in total. The molecule has 1 aliphatic rings. The zero-order valence-corrected chi connectivity index (χ0v) is 22.3. The number of nitrogens with zero attached hydrogens (tertiary/aromatic N) is 3. The van der Waals surface area contributed by atoms with Gasteiger partial charge >= 0.3 is 5.97 Å². The monoisotopic (exact) mass is 514 g/mol. The minimum absolute atomic E-state index is 0.147. The Morgan fingerprint density at radius 3 is 2.67 bits per heavy atom. The summed E-state index contributed by atoms with van der Waals surface area (Å²) in [6.45, 7) is 9.31. The van der Waals surface area contributed by atoms with Gasteiger partial charge in [-0.25, -0.2) is 18.4 Å². The number of pyridine rings is 2. The van der Waals surface area contributed by atoms with Crippen molar-refractivity contribution in [3.63, 3.8) is 0 Å². The smallest absolute Gasteiger partial charge is 0.305 e. The van der Waals surface area contributed by atoms with Crippen LogP contribution >= 0.6 is 0 Å². The third-order valence-electron chi connectivity index (χ3n) is 6.90. The maximum Gasteiger partial charge on any atom is 0.305 e. The standard InChI is InChI=1S/C26H34N4O5S/c1-6-19-16-34-11-10-30(19)24-13-17(26(3,4)36(5,32)33)12-22(29-24)21-9-8-20-23(28-21)14-18(27-20)15-35-25(31)7-2/h8-9,12-14,19,27H,6-7,10-11,15-16H2,1-5H3/t19-/m0/s1. The van der Waals surface area contributed by atoms with Crippen molar-refractivity contribution >= 4 is 32.7 Å². The molecular weight excluding hydrogens is 480 g/mol. The van der Waals surface area contributed by atoms with Gasteiger partial charge in [0, 0.05) is 19.2 Å². The number of hydrogen-bond acceptors (Lipinski definition) is 8. The van der Waals surface area contributed by atoms with E-state index >= 15 is 0 Å². The number of rotatable bonds is 8. The predicted octanol–water partition coefficient (Wildman–Crippen LogP) is 3.97. The molecular formula is C26H34N4O5S. The number of anilines is 1. The SMILES string of the molecule is CCC(=O)OCc1cc2nc(-c3cc(C(C)(C)S(C)(=O)=O)cc(N4CCOC[C@@H]4CC)n3)ccc2[nH]1. The first kappa shape index (κ1) is 26.1. The van der Waals surface area contributed by atoms with Crippen molar-refractivity contribution in [2.75, 3.05) is 30.9 Å². The van der Waals surface area contributed by atoms with Crippen molar-refractivity contribution in [1.29, 1.82) is 0 Å². The molecule has 194 valence electrons. The molecule has 3 aromatic heterocycles. The van der Waals surface area contributed by atoms with Gasteiger partial charge in [0.1, 0.15) is 12.4 Å². The summed E-state index contributed by atoms with van der Waals surface area (Å²) in [6, 6.07) is 9.47. The molecule has 1 saturated heterocycles. The minimum Gasteiger partial charge on any atom is -0.459 e. The molecule has 10 heteroatoms. The average Bonchev–Trinajstić information content (AvgIpc) is 3.28. The normalized spacial score (nSPS) is 16.9. The van der Waals surface area contributed by atoms with Gasteiger partial charge in [0.15, 0.2) is 9.84 Å². The third-order valence-corrected chi connectivity index (χ3v) is 8.99. The number of morpholine rings is 1. The molecule has 4 rings (SSSR count). The molecule has 0 unspecified atom stereocenters. The van der Waals surface area contributed by atoms with E-state index in [1.807, 2.05) is 30.3 Å². The van der Waals surface area contributed by atoms with Gasteiger partial charge in [-0.1, -0.05) is 13.8 Å². The number of nitrogens with one attached hydrogen (secondary N) is 1. The first-order valence-corrected chi connectivity index (χ1v) is 14.1. The van der Waals surface area contributed by atoms with E-state index in [0.717, 1.165) is 23.4 Å². The summed E-state index contributed by atoms with van der Waals surface area (Å²) in [4.78, 5) is 26.7. The average molecular weight is 515 g/mol. The number of sulfone groups is 1. The van der Waals surface area contributed by atoms with Crippen LogP contribution in [0, 0.1) is 0 Å². The second kappa shape index (κ2) is 10.2. The summed E-state index contributed by atoms with van der Waals surface area (Å²) in [6.07, 6.45) is 2.46. The van der Waals surface area contributed by atoms with E-state index in [1.54, 1.807) is 20.8 Å². The molecule has 0 amide bonds. The lowest BCUT2D eigenvalue weighted by Gasteiger charge is -2.37. The summed E-state index contributed by atoms with van der Waals surface area (Å²) < 4.78 is 35.2. The maximum absolute atomic E-state index is 12.7. The highest BCUT2D eigenvalue weighted by molar-refractivity contribution is 7.91. The summed E-state index contributed by atoms with van der Waals surface area (Å²) in [5.41, 5.74) is 4.16. The van der Waals surface area contributed by atoms with Gasteiger partial charge < -0.3 is 19.4 Å². The number of aromatic nitrogens is 3. The van der Waals surface area contributed by atoms with E-state index in [9.17, 15) is 13.2 Å². The van der Waals surface area contributed by atoms with Crippen LogP contribution in [-0.2, 0) is 35.5 Å². The van der Waals surface area contributed by atoms with E-state index in [0.29, 0.717) is 48.6 Å². The van der Waals surface area contributed by atoms with Gasteiger partial charge in [-0.2, -0.15) is 0 Å². The topological polar surface area (TPSA) is 114 Å². The fourth-order valence-electron chi connectivity index (χ4n) is 4.20. The summed E-state index contributed by atoms with van der Waals surface area (Å²) in [7, 11) is -3.41. The predicted molar refractivity (Wildman–Crippen MR) is 140 cm³/mol. The molecule has 0 aromatic carbocycles. The lowest BCUT2D eigenvalue weighted by atomic mass is 10.0. The molecule has 0 aliphatic carbocycles. The van der Waals surface area contributed by atoms with Crippen molar-refractivity contribution in [2.45, 2.75) is 57.9 Å². The van der Waals surface area contributed by atoms with Crippen LogP contribution in [0.1, 0.15) is 51.8 Å². The quantitative estimate of drug-likeness (QED) is 0.449. The van der Waals surface area contributed by atoms with Crippen LogP contribution in [0.15, 0.2) is 30.3 Å². The van der Waals surface area contributed by atoms with Crippen LogP contribution in [0.5, 0.6) is 0 Å². The van der Waals surface area contributed by atoms with Gasteiger partial charge in [-0.15, -0.1) is 0 Å². The highest BCUT2D eigenvalue weighted by Gasteiger charge is 2.34. The van der Waals surface area contributed by atoms with Gasteiger partial charge in [0.25, 0.3) is 0 Å². The molecule has 0 bridgehead atoms. The molecule has 1 aliphatic heterocycles. The van der Waals surface area contributed by atoms with E-state index in [2.05, 4.69) is 16.8 Å². The highest BCUT2D eigenvalue weighted by Crippen LogP contribution is 2.35. The van der Waals surface area contributed by atoms with Crippen LogP contribution in [-0.4, -0.2) is 61.4 Å². The van der Waals surface area contributed by atoms with E-state index in [-0.39, 0.29) is 18.6 Å². The van der Waals surface area contributed by atoms with Crippen molar-refractivity contribution in [2.24, 2.45) is 0 Å². The van der Waals surface area contributed by atoms with Crippen LogP contribution in [0.2, 0.25) is 0 Å². The van der Waals surface area contributed by atoms with Crippen molar-refractivity contribution in [3.8, 4) is 11.4 Å². The Hall–Kier alpha value is -2.98. The van der Waals surface area contributed by atoms with Crippen LogP contribution in [0.25, 0.3) is 22.4 Å².